The van der Waals surface area contributed by atoms with Crippen molar-refractivity contribution in [2.24, 2.45) is 0 Å². The van der Waals surface area contributed by atoms with Gasteiger partial charge in [-0.25, -0.2) is 0 Å². The molecule has 0 aliphatic heterocycles. The van der Waals surface area contributed by atoms with E-state index in [1.807, 2.05) is 0 Å². The Morgan fingerprint density at radius 2 is 1.12 bits per heavy atom. The van der Waals surface area contributed by atoms with Crippen molar-refractivity contribution in [1.82, 2.24) is 0 Å². The highest BCUT2D eigenvalue weighted by atomic mass is 35.5. The smallest absolute Gasteiger partial charge is 0.00196 e. The van der Waals surface area contributed by atoms with Gasteiger partial charge in [0.25, 0.3) is 0 Å². The van der Waals surface area contributed by atoms with Crippen LogP contribution in [0.5, 0.6) is 0 Å². The van der Waals surface area contributed by atoms with E-state index < -0.39 is 0 Å². The van der Waals surface area contributed by atoms with E-state index in [1.54, 1.807) is 0 Å². The molecule has 24 heavy (non-hydrogen) atoms. The van der Waals surface area contributed by atoms with Crippen LogP contribution in [0.1, 0.15) is 11.1 Å². The zero-order chi connectivity index (χ0) is 15.2. The van der Waals surface area contributed by atoms with Gasteiger partial charge in [-0.3, -0.25) is 0 Å². The van der Waals surface area contributed by atoms with Gasteiger partial charge in [-0.05, 0) is 49.9 Å². The summed E-state index contributed by atoms with van der Waals surface area (Å²) in [4.78, 5) is 0. The average Bonchev–Trinajstić information content (AvgIpc) is 2.62. The van der Waals surface area contributed by atoms with Gasteiger partial charge < -0.3 is 0 Å². The molecule has 0 spiro atoms. The fourth-order valence-electron chi connectivity index (χ4n) is 3.77. The molecule has 0 N–H and O–H groups in total. The van der Waals surface area contributed by atoms with Crippen LogP contribution in [-0.4, -0.2) is 0 Å². The van der Waals surface area contributed by atoms with E-state index in [2.05, 4.69) is 84.9 Å². The highest BCUT2D eigenvalue weighted by molar-refractivity contribution is 6.23. The summed E-state index contributed by atoms with van der Waals surface area (Å²) in [6.07, 6.45) is 0.981. The zero-order valence-corrected chi connectivity index (χ0v) is 14.0. The number of benzene rings is 5. The Morgan fingerprint density at radius 3 is 1.88 bits per heavy atom. The van der Waals surface area contributed by atoms with Gasteiger partial charge in [0.2, 0.25) is 0 Å². The third kappa shape index (κ3) is 2.23. The summed E-state index contributed by atoms with van der Waals surface area (Å²) in [6.45, 7) is 0. The summed E-state index contributed by atoms with van der Waals surface area (Å²) in [7, 11) is 0. The van der Waals surface area contributed by atoms with Crippen LogP contribution in [0, 0.1) is 0 Å². The highest BCUT2D eigenvalue weighted by Gasteiger charge is 2.10. The standard InChI is InChI=1S/C23H16.ClH/c1-2-5-16(6-3-1)15-20-12-11-19-10-9-17-7-4-8-18-13-14-21(20)23(19)22(17)18;/h1-14H,15H2;1H. The number of hydrogen-bond acceptors (Lipinski definition) is 0. The lowest BCUT2D eigenvalue weighted by Gasteiger charge is -2.14. The van der Waals surface area contributed by atoms with E-state index in [0.717, 1.165) is 6.42 Å². The molecule has 0 fully saturated rings. The van der Waals surface area contributed by atoms with Crippen LogP contribution < -0.4 is 0 Å². The molecule has 116 valence electrons. The van der Waals surface area contributed by atoms with Crippen LogP contribution in [0.25, 0.3) is 32.3 Å². The minimum Gasteiger partial charge on any atom is -0.147 e. The van der Waals surface area contributed by atoms with Gasteiger partial charge in [-0.1, -0.05) is 84.9 Å². The first-order valence-electron chi connectivity index (χ1n) is 8.09. The fourth-order valence-corrected chi connectivity index (χ4v) is 3.77. The molecule has 0 aliphatic carbocycles. The second-order valence-electron chi connectivity index (χ2n) is 6.24. The van der Waals surface area contributed by atoms with Crippen molar-refractivity contribution in [3.8, 4) is 0 Å². The second kappa shape index (κ2) is 5.81. The third-order valence-corrected chi connectivity index (χ3v) is 4.86. The normalized spacial score (nSPS) is 11.2. The Balaban J connectivity index is 0.00000146. The van der Waals surface area contributed by atoms with Gasteiger partial charge in [-0.2, -0.15) is 0 Å². The first-order chi connectivity index (χ1) is 11.4. The van der Waals surface area contributed by atoms with Gasteiger partial charge in [0, 0.05) is 0 Å². The second-order valence-corrected chi connectivity index (χ2v) is 6.24. The summed E-state index contributed by atoms with van der Waals surface area (Å²) in [5.41, 5.74) is 2.77. The van der Waals surface area contributed by atoms with E-state index in [-0.39, 0.29) is 12.4 Å². The SMILES string of the molecule is Cl.c1ccc(Cc2ccc3ccc4cccc5ccc2c3c45)cc1. The summed E-state index contributed by atoms with van der Waals surface area (Å²) < 4.78 is 0. The molecular weight excluding hydrogens is 312 g/mol. The molecule has 0 aliphatic rings. The van der Waals surface area contributed by atoms with Crippen molar-refractivity contribution in [3.05, 3.63) is 96.1 Å². The number of halogens is 1. The number of hydrogen-bond donors (Lipinski definition) is 0. The van der Waals surface area contributed by atoms with Gasteiger partial charge in [-0.15, -0.1) is 12.4 Å². The first-order valence-corrected chi connectivity index (χ1v) is 8.09. The average molecular weight is 329 g/mol. The Hall–Kier alpha value is -2.57. The topological polar surface area (TPSA) is 0 Å². The molecule has 1 heteroatoms. The third-order valence-electron chi connectivity index (χ3n) is 4.86. The highest BCUT2D eigenvalue weighted by Crippen LogP contribution is 2.36. The molecule has 0 atom stereocenters. The Kier molecular flexibility index (Phi) is 3.63. The fraction of sp³-hybridized carbons (Fsp3) is 0.0435. The van der Waals surface area contributed by atoms with E-state index in [1.165, 1.54) is 43.4 Å². The molecule has 0 aromatic heterocycles. The minimum absolute atomic E-state index is 0. The van der Waals surface area contributed by atoms with Crippen molar-refractivity contribution in [2.75, 3.05) is 0 Å². The van der Waals surface area contributed by atoms with E-state index in [4.69, 9.17) is 0 Å². The lowest BCUT2D eigenvalue weighted by Crippen LogP contribution is -1.92. The molecule has 0 saturated carbocycles. The molecule has 0 radical (unpaired) electrons. The maximum atomic E-state index is 2.29. The van der Waals surface area contributed by atoms with E-state index in [0.29, 0.717) is 0 Å². The van der Waals surface area contributed by atoms with Crippen LogP contribution in [0.15, 0.2) is 84.9 Å². The lowest BCUT2D eigenvalue weighted by molar-refractivity contribution is 1.22. The van der Waals surface area contributed by atoms with Crippen LogP contribution in [-0.2, 0) is 6.42 Å². The minimum atomic E-state index is 0. The maximum Gasteiger partial charge on any atom is -0.00196 e. The summed E-state index contributed by atoms with van der Waals surface area (Å²) in [5.74, 6) is 0. The van der Waals surface area contributed by atoms with Crippen molar-refractivity contribution >= 4 is 44.7 Å². The molecule has 0 bridgehead atoms. The van der Waals surface area contributed by atoms with Crippen molar-refractivity contribution in [3.63, 3.8) is 0 Å². The summed E-state index contributed by atoms with van der Waals surface area (Å²) >= 11 is 0. The molecule has 0 nitrogen and oxygen atoms in total. The predicted molar refractivity (Wildman–Crippen MR) is 107 cm³/mol. The van der Waals surface area contributed by atoms with Crippen molar-refractivity contribution < 1.29 is 0 Å². The maximum absolute atomic E-state index is 2.29. The summed E-state index contributed by atoms with van der Waals surface area (Å²) in [6, 6.07) is 30.9. The van der Waals surface area contributed by atoms with Crippen molar-refractivity contribution in [2.45, 2.75) is 6.42 Å². The number of rotatable bonds is 2. The van der Waals surface area contributed by atoms with Gasteiger partial charge >= 0.3 is 0 Å². The zero-order valence-electron chi connectivity index (χ0n) is 13.2. The van der Waals surface area contributed by atoms with Gasteiger partial charge in [0.15, 0.2) is 0 Å². The molecule has 0 heterocycles. The Bertz CT molecular complexity index is 1110. The first kappa shape index (κ1) is 15.0. The quantitative estimate of drug-likeness (QED) is 0.320. The Labute approximate surface area is 147 Å². The molecule has 0 amide bonds. The lowest BCUT2D eigenvalue weighted by atomic mass is 9.90. The Morgan fingerprint density at radius 1 is 0.500 bits per heavy atom. The molecule has 5 rings (SSSR count). The van der Waals surface area contributed by atoms with Gasteiger partial charge in [0.05, 0.1) is 0 Å². The van der Waals surface area contributed by atoms with Crippen LogP contribution in [0.4, 0.5) is 0 Å². The summed E-state index contributed by atoms with van der Waals surface area (Å²) in [5, 5.41) is 8.19. The predicted octanol–water partition coefficient (Wildman–Crippen LogP) is 6.60. The molecule has 0 saturated heterocycles. The van der Waals surface area contributed by atoms with Crippen LogP contribution in [0.3, 0.4) is 0 Å². The molecule has 5 aromatic rings. The van der Waals surface area contributed by atoms with E-state index in [9.17, 15) is 0 Å². The molecule has 0 unspecified atom stereocenters. The van der Waals surface area contributed by atoms with Gasteiger partial charge in [0.1, 0.15) is 0 Å². The monoisotopic (exact) mass is 328 g/mol. The molecule has 5 aromatic carbocycles. The van der Waals surface area contributed by atoms with Crippen LogP contribution in [0.2, 0.25) is 0 Å². The van der Waals surface area contributed by atoms with Crippen LogP contribution >= 0.6 is 12.4 Å². The van der Waals surface area contributed by atoms with Crippen molar-refractivity contribution in [1.29, 1.82) is 0 Å². The van der Waals surface area contributed by atoms with E-state index >= 15 is 0 Å². The molecular formula is C23H17Cl. The largest absolute Gasteiger partial charge is 0.147 e.